The van der Waals surface area contributed by atoms with Crippen molar-refractivity contribution in [2.75, 3.05) is 0 Å². The van der Waals surface area contributed by atoms with Gasteiger partial charge in [0.15, 0.2) is 7.14 Å². The van der Waals surface area contributed by atoms with E-state index in [1.807, 2.05) is 140 Å². The first-order chi connectivity index (χ1) is 28.6. The van der Waals surface area contributed by atoms with Crippen LogP contribution in [0.3, 0.4) is 0 Å². The molecular weight excluding hydrogens is 734 g/mol. The van der Waals surface area contributed by atoms with Gasteiger partial charge in [-0.2, -0.15) is 0 Å². The zero-order chi connectivity index (χ0) is 38.6. The zero-order valence-corrected chi connectivity index (χ0v) is 31.9. The summed E-state index contributed by atoms with van der Waals surface area (Å²) in [4.78, 5) is 13.8. The van der Waals surface area contributed by atoms with Gasteiger partial charge in [-0.3, -0.25) is 9.97 Å². The highest BCUT2D eigenvalue weighted by Crippen LogP contribution is 2.52. The Kier molecular flexibility index (Phi) is 7.98. The van der Waals surface area contributed by atoms with E-state index in [0.717, 1.165) is 82.9 Å². The number of ether oxygens (including phenoxy) is 1. The summed E-state index contributed by atoms with van der Waals surface area (Å²) in [5.41, 5.74) is 10.0. The maximum Gasteiger partial charge on any atom is 0.172 e. The Morgan fingerprint density at radius 2 is 1.10 bits per heavy atom. The van der Waals surface area contributed by atoms with E-state index in [1.54, 1.807) is 12.4 Å². The third-order valence-corrected chi connectivity index (χ3v) is 14.1. The molecule has 274 valence electrons. The predicted molar refractivity (Wildman–Crippen MR) is 234 cm³/mol. The van der Waals surface area contributed by atoms with Crippen molar-refractivity contribution in [2.24, 2.45) is 0 Å². The van der Waals surface area contributed by atoms with Crippen LogP contribution in [-0.2, 0) is 4.57 Å². The summed E-state index contributed by atoms with van der Waals surface area (Å²) in [6.45, 7) is 0. The van der Waals surface area contributed by atoms with Crippen molar-refractivity contribution in [2.45, 2.75) is 0 Å². The lowest BCUT2D eigenvalue weighted by Gasteiger charge is -2.28. The van der Waals surface area contributed by atoms with Gasteiger partial charge in [0.1, 0.15) is 22.7 Å². The number of hydrogen-bond acceptors (Lipinski definition) is 6. The predicted octanol–water partition coefficient (Wildman–Crippen LogP) is 11.9. The van der Waals surface area contributed by atoms with E-state index in [-0.39, 0.29) is 0 Å². The quantitative estimate of drug-likeness (QED) is 0.166. The van der Waals surface area contributed by atoms with Gasteiger partial charge in [0.25, 0.3) is 0 Å². The Bertz CT molecular complexity index is 3180. The molecular formula is C51H32N3O3P. The summed E-state index contributed by atoms with van der Waals surface area (Å²) in [6.07, 6.45) is 7.17. The molecule has 58 heavy (non-hydrogen) atoms. The van der Waals surface area contributed by atoms with Crippen LogP contribution in [0.2, 0.25) is 0 Å². The molecule has 0 N–H and O–H groups in total. The van der Waals surface area contributed by atoms with Crippen LogP contribution in [0.4, 0.5) is 0 Å². The van der Waals surface area contributed by atoms with Gasteiger partial charge in [0.2, 0.25) is 0 Å². The molecule has 1 aliphatic heterocycles. The minimum absolute atomic E-state index is 0.625. The van der Waals surface area contributed by atoms with Gasteiger partial charge in [-0.25, -0.2) is 4.98 Å². The number of benzene rings is 6. The van der Waals surface area contributed by atoms with Crippen molar-refractivity contribution in [3.63, 3.8) is 0 Å². The minimum Gasteiger partial charge on any atom is -0.456 e. The monoisotopic (exact) mass is 765 g/mol. The van der Waals surface area contributed by atoms with Crippen LogP contribution in [0.15, 0.2) is 199 Å². The minimum atomic E-state index is -3.61. The second-order valence-electron chi connectivity index (χ2n) is 14.3. The fourth-order valence-electron chi connectivity index (χ4n) is 8.19. The Hall–Kier alpha value is -7.40. The Morgan fingerprint density at radius 3 is 1.86 bits per heavy atom. The number of hydrogen-bond donors (Lipinski definition) is 0. The number of fused-ring (bicyclic) bond motifs is 9. The maximum absolute atomic E-state index is 16.7. The van der Waals surface area contributed by atoms with Crippen molar-refractivity contribution in [3.8, 4) is 67.4 Å². The smallest absolute Gasteiger partial charge is 0.172 e. The molecule has 5 heterocycles. The molecule has 11 rings (SSSR count). The fourth-order valence-corrected chi connectivity index (χ4v) is 11.2. The molecule has 6 nitrogen and oxygen atoms in total. The van der Waals surface area contributed by atoms with Crippen molar-refractivity contribution < 1.29 is 13.7 Å². The summed E-state index contributed by atoms with van der Waals surface area (Å²) >= 11 is 0. The van der Waals surface area contributed by atoms with Gasteiger partial charge < -0.3 is 13.7 Å². The lowest BCUT2D eigenvalue weighted by molar-refractivity contribution is 0.486. The summed E-state index contributed by atoms with van der Waals surface area (Å²) < 4.78 is 30.4. The van der Waals surface area contributed by atoms with Crippen molar-refractivity contribution in [1.82, 2.24) is 15.0 Å². The van der Waals surface area contributed by atoms with Crippen LogP contribution in [-0.4, -0.2) is 15.0 Å². The molecule has 0 saturated carbocycles. The summed E-state index contributed by atoms with van der Waals surface area (Å²) in [5.74, 6) is 1.29. The highest BCUT2D eigenvalue weighted by atomic mass is 31.2. The Morgan fingerprint density at radius 1 is 0.431 bits per heavy atom. The molecule has 0 spiro atoms. The van der Waals surface area contributed by atoms with Gasteiger partial charge in [0, 0.05) is 73.7 Å². The number of furan rings is 1. The normalized spacial score (nSPS) is 14.5. The van der Waals surface area contributed by atoms with Gasteiger partial charge >= 0.3 is 0 Å². The first-order valence-electron chi connectivity index (χ1n) is 19.1. The second-order valence-corrected chi connectivity index (χ2v) is 17.0. The second kappa shape index (κ2) is 13.7. The first kappa shape index (κ1) is 33.9. The van der Waals surface area contributed by atoms with Crippen LogP contribution >= 0.6 is 7.14 Å². The molecule has 0 aliphatic carbocycles. The Labute approximate surface area is 334 Å². The summed E-state index contributed by atoms with van der Waals surface area (Å²) in [7, 11) is -3.61. The van der Waals surface area contributed by atoms with Crippen LogP contribution in [0.1, 0.15) is 0 Å². The van der Waals surface area contributed by atoms with Crippen LogP contribution in [0, 0.1) is 0 Å². The number of aromatic nitrogens is 3. The maximum atomic E-state index is 16.7. The van der Waals surface area contributed by atoms with Crippen LogP contribution in [0.5, 0.6) is 11.5 Å². The molecule has 4 aromatic heterocycles. The molecule has 0 radical (unpaired) electrons. The third-order valence-electron chi connectivity index (χ3n) is 10.9. The highest BCUT2D eigenvalue weighted by Gasteiger charge is 2.37. The number of para-hydroxylation sites is 2. The third kappa shape index (κ3) is 5.57. The number of rotatable bonds is 4. The SMILES string of the molecule is O=P1(c2ccccc2)c2ccccc2-c2ccccc2Oc2cc(-c3cc(-c4cccnc4)nc(-c4cccnc4)c3)ccc2-c2cc3c(cc21)oc1ccccc13. The van der Waals surface area contributed by atoms with E-state index in [4.69, 9.17) is 14.1 Å². The van der Waals surface area contributed by atoms with E-state index < -0.39 is 7.14 Å². The van der Waals surface area contributed by atoms with Gasteiger partial charge in [-0.15, -0.1) is 0 Å². The van der Waals surface area contributed by atoms with Crippen molar-refractivity contribution >= 4 is 45.0 Å². The highest BCUT2D eigenvalue weighted by molar-refractivity contribution is 7.85. The molecule has 6 aromatic carbocycles. The standard InChI is InChI=1S/C51H32N3O3P/c55-58(37-14-2-1-3-15-37)50-21-9-6-18-41(50)38-16-4-7-19-46(38)56-48-28-33(22-23-40(48)43-29-42-39-17-5-8-20-47(39)57-49(42)30-51(43)58)36-26-44(34-12-10-24-52-31-34)54-45(27-36)35-13-11-25-53-32-35/h1-32H. The van der Waals surface area contributed by atoms with Crippen LogP contribution < -0.4 is 20.7 Å². The molecule has 10 aromatic rings. The lowest BCUT2D eigenvalue weighted by atomic mass is 9.96. The lowest BCUT2D eigenvalue weighted by Crippen LogP contribution is -2.28. The van der Waals surface area contributed by atoms with Gasteiger partial charge in [-0.05, 0) is 95.1 Å². The number of nitrogens with zero attached hydrogens (tertiary/aromatic N) is 3. The summed E-state index contributed by atoms with van der Waals surface area (Å²) in [6, 6.07) is 56.3. The van der Waals surface area contributed by atoms with E-state index in [2.05, 4.69) is 52.4 Å². The molecule has 0 amide bonds. The molecule has 0 saturated heterocycles. The molecule has 0 bridgehead atoms. The average molecular weight is 766 g/mol. The van der Waals surface area contributed by atoms with Crippen molar-refractivity contribution in [1.29, 1.82) is 0 Å². The van der Waals surface area contributed by atoms with E-state index in [0.29, 0.717) is 22.4 Å². The molecule has 1 unspecified atom stereocenters. The molecule has 1 atom stereocenters. The Balaban J connectivity index is 1.23. The largest absolute Gasteiger partial charge is 0.456 e. The topological polar surface area (TPSA) is 78.1 Å². The average Bonchev–Trinajstić information content (AvgIpc) is 3.67. The molecule has 7 heteroatoms. The van der Waals surface area contributed by atoms with E-state index in [9.17, 15) is 0 Å². The fraction of sp³-hybridized carbons (Fsp3) is 0. The zero-order valence-electron chi connectivity index (χ0n) is 31.0. The van der Waals surface area contributed by atoms with E-state index in [1.165, 1.54) is 0 Å². The molecule has 0 fully saturated rings. The molecule has 1 aliphatic rings. The summed E-state index contributed by atoms with van der Waals surface area (Å²) in [5, 5.41) is 4.07. The first-order valence-corrected chi connectivity index (χ1v) is 20.8. The van der Waals surface area contributed by atoms with E-state index >= 15 is 4.57 Å². The van der Waals surface area contributed by atoms with Gasteiger partial charge in [0.05, 0.1) is 11.4 Å². The van der Waals surface area contributed by atoms with Crippen LogP contribution in [0.25, 0.3) is 77.8 Å². The van der Waals surface area contributed by atoms with Gasteiger partial charge in [-0.1, -0.05) is 97.1 Å². The van der Waals surface area contributed by atoms with Crippen molar-refractivity contribution in [3.05, 3.63) is 195 Å². The number of pyridine rings is 3.